The SMILES string of the molecule is O=C(CC(Cn1cnnn1)c1ccc(Cl)cc1)NCCc1ccncc1. The molecule has 0 radical (unpaired) electrons. The molecule has 0 fully saturated rings. The van der Waals surface area contributed by atoms with Crippen molar-refractivity contribution in [1.29, 1.82) is 0 Å². The molecule has 134 valence electrons. The van der Waals surface area contributed by atoms with Crippen molar-refractivity contribution in [2.75, 3.05) is 6.54 Å². The van der Waals surface area contributed by atoms with Crippen molar-refractivity contribution in [2.24, 2.45) is 0 Å². The summed E-state index contributed by atoms with van der Waals surface area (Å²) < 4.78 is 1.63. The Morgan fingerprint density at radius 2 is 1.92 bits per heavy atom. The number of aromatic nitrogens is 5. The van der Waals surface area contributed by atoms with Gasteiger partial charge in [-0.25, -0.2) is 4.68 Å². The molecule has 1 amide bonds. The number of carbonyl (C=O) groups is 1. The van der Waals surface area contributed by atoms with E-state index in [1.54, 1.807) is 23.4 Å². The van der Waals surface area contributed by atoms with E-state index in [2.05, 4.69) is 25.8 Å². The Morgan fingerprint density at radius 1 is 1.15 bits per heavy atom. The Kier molecular flexibility index (Phi) is 6.27. The third-order valence-electron chi connectivity index (χ3n) is 4.06. The summed E-state index contributed by atoms with van der Waals surface area (Å²) in [5, 5.41) is 14.8. The first-order valence-corrected chi connectivity index (χ1v) is 8.70. The normalized spacial score (nSPS) is 11.9. The van der Waals surface area contributed by atoms with Gasteiger partial charge < -0.3 is 5.32 Å². The van der Waals surface area contributed by atoms with Crippen LogP contribution in [-0.4, -0.2) is 37.6 Å². The van der Waals surface area contributed by atoms with Gasteiger partial charge in [-0.05, 0) is 52.2 Å². The van der Waals surface area contributed by atoms with E-state index in [-0.39, 0.29) is 11.8 Å². The van der Waals surface area contributed by atoms with Gasteiger partial charge >= 0.3 is 0 Å². The number of carbonyl (C=O) groups excluding carboxylic acids is 1. The van der Waals surface area contributed by atoms with E-state index in [4.69, 9.17) is 11.6 Å². The summed E-state index contributed by atoms with van der Waals surface area (Å²) in [6, 6.07) is 11.4. The van der Waals surface area contributed by atoms with E-state index in [0.29, 0.717) is 24.5 Å². The molecule has 0 saturated carbocycles. The van der Waals surface area contributed by atoms with Crippen LogP contribution in [0.25, 0.3) is 0 Å². The van der Waals surface area contributed by atoms with E-state index in [0.717, 1.165) is 17.5 Å². The monoisotopic (exact) mass is 370 g/mol. The first kappa shape index (κ1) is 18.0. The van der Waals surface area contributed by atoms with Crippen LogP contribution in [0.3, 0.4) is 0 Å². The van der Waals surface area contributed by atoms with Gasteiger partial charge in [0.2, 0.25) is 5.91 Å². The molecule has 1 aromatic carbocycles. The fourth-order valence-corrected chi connectivity index (χ4v) is 2.83. The topological polar surface area (TPSA) is 85.6 Å². The highest BCUT2D eigenvalue weighted by Gasteiger charge is 2.17. The zero-order valence-corrected chi connectivity index (χ0v) is 14.9. The highest BCUT2D eigenvalue weighted by molar-refractivity contribution is 6.30. The van der Waals surface area contributed by atoms with Crippen molar-refractivity contribution >= 4 is 17.5 Å². The van der Waals surface area contributed by atoms with E-state index < -0.39 is 0 Å². The van der Waals surface area contributed by atoms with E-state index in [1.165, 1.54) is 0 Å². The summed E-state index contributed by atoms with van der Waals surface area (Å²) in [5.74, 6) is -0.0521. The van der Waals surface area contributed by atoms with E-state index in [1.807, 2.05) is 36.4 Å². The van der Waals surface area contributed by atoms with Crippen molar-refractivity contribution in [2.45, 2.75) is 25.3 Å². The van der Waals surface area contributed by atoms with E-state index >= 15 is 0 Å². The molecule has 3 aromatic rings. The Balaban J connectivity index is 1.59. The number of amides is 1. The number of pyridine rings is 1. The van der Waals surface area contributed by atoms with Gasteiger partial charge in [0.15, 0.2) is 0 Å². The minimum atomic E-state index is -0.0447. The van der Waals surface area contributed by atoms with Crippen LogP contribution in [0.1, 0.15) is 23.5 Å². The second-order valence-corrected chi connectivity index (χ2v) is 6.38. The van der Waals surface area contributed by atoms with Crippen LogP contribution in [-0.2, 0) is 17.8 Å². The third kappa shape index (κ3) is 5.35. The van der Waals surface area contributed by atoms with Crippen molar-refractivity contribution < 1.29 is 4.79 Å². The Hall–Kier alpha value is -2.80. The number of nitrogens with zero attached hydrogens (tertiary/aromatic N) is 5. The van der Waals surface area contributed by atoms with Crippen molar-refractivity contribution in [1.82, 2.24) is 30.5 Å². The van der Waals surface area contributed by atoms with Crippen molar-refractivity contribution in [3.8, 4) is 0 Å². The molecule has 3 rings (SSSR count). The molecule has 0 spiro atoms. The average Bonchev–Trinajstić information content (AvgIpc) is 3.16. The lowest BCUT2D eigenvalue weighted by molar-refractivity contribution is -0.121. The fraction of sp³-hybridized carbons (Fsp3) is 0.278. The van der Waals surface area contributed by atoms with Gasteiger partial charge in [-0.15, -0.1) is 5.10 Å². The minimum Gasteiger partial charge on any atom is -0.356 e. The van der Waals surface area contributed by atoms with Gasteiger partial charge in [-0.3, -0.25) is 9.78 Å². The number of hydrogen-bond donors (Lipinski definition) is 1. The average molecular weight is 371 g/mol. The molecule has 0 aliphatic heterocycles. The Bertz CT molecular complexity index is 807. The zero-order valence-electron chi connectivity index (χ0n) is 14.1. The van der Waals surface area contributed by atoms with Gasteiger partial charge in [0.05, 0.1) is 6.54 Å². The molecule has 0 aliphatic rings. The zero-order chi connectivity index (χ0) is 18.2. The molecule has 1 atom stereocenters. The van der Waals surface area contributed by atoms with Crippen LogP contribution in [0.15, 0.2) is 55.1 Å². The molecule has 1 unspecified atom stereocenters. The highest BCUT2D eigenvalue weighted by Crippen LogP contribution is 2.23. The van der Waals surface area contributed by atoms with Crippen LogP contribution in [0.5, 0.6) is 0 Å². The number of hydrogen-bond acceptors (Lipinski definition) is 5. The molecular formula is C18H19ClN6O. The molecule has 1 N–H and O–H groups in total. The summed E-state index contributed by atoms with van der Waals surface area (Å²) in [5.41, 5.74) is 2.16. The van der Waals surface area contributed by atoms with Gasteiger partial charge in [-0.2, -0.15) is 0 Å². The highest BCUT2D eigenvalue weighted by atomic mass is 35.5. The fourth-order valence-electron chi connectivity index (χ4n) is 2.70. The smallest absolute Gasteiger partial charge is 0.220 e. The minimum absolute atomic E-state index is 0.00733. The van der Waals surface area contributed by atoms with Crippen molar-refractivity contribution in [3.63, 3.8) is 0 Å². The van der Waals surface area contributed by atoms with Crippen LogP contribution < -0.4 is 5.32 Å². The van der Waals surface area contributed by atoms with Crippen molar-refractivity contribution in [3.05, 3.63) is 71.3 Å². The van der Waals surface area contributed by atoms with Gasteiger partial charge in [0.25, 0.3) is 0 Å². The summed E-state index contributed by atoms with van der Waals surface area (Å²) in [6.07, 6.45) is 6.16. The lowest BCUT2D eigenvalue weighted by Gasteiger charge is -2.17. The largest absolute Gasteiger partial charge is 0.356 e. The molecule has 7 nitrogen and oxygen atoms in total. The lowest BCUT2D eigenvalue weighted by atomic mass is 9.95. The second-order valence-electron chi connectivity index (χ2n) is 5.94. The molecule has 26 heavy (non-hydrogen) atoms. The van der Waals surface area contributed by atoms with Crippen LogP contribution in [0.4, 0.5) is 0 Å². The molecular weight excluding hydrogens is 352 g/mol. The van der Waals surface area contributed by atoms with E-state index in [9.17, 15) is 4.79 Å². The quantitative estimate of drug-likeness (QED) is 0.657. The van der Waals surface area contributed by atoms with Crippen LogP contribution in [0.2, 0.25) is 5.02 Å². The summed E-state index contributed by atoms with van der Waals surface area (Å²) in [6.45, 7) is 1.10. The number of halogens is 1. The lowest BCUT2D eigenvalue weighted by Crippen LogP contribution is -2.28. The Labute approximate surface area is 156 Å². The molecule has 0 bridgehead atoms. The summed E-state index contributed by atoms with van der Waals surface area (Å²) >= 11 is 5.97. The van der Waals surface area contributed by atoms with Crippen LogP contribution in [0, 0.1) is 0 Å². The second kappa shape index (κ2) is 9.05. The maximum Gasteiger partial charge on any atom is 0.220 e. The number of rotatable bonds is 8. The number of benzene rings is 1. The molecule has 2 aromatic heterocycles. The predicted octanol–water partition coefficient (Wildman–Crippen LogP) is 2.25. The molecule has 2 heterocycles. The summed E-state index contributed by atoms with van der Waals surface area (Å²) in [4.78, 5) is 16.4. The molecule has 0 aliphatic carbocycles. The molecule has 8 heteroatoms. The van der Waals surface area contributed by atoms with Gasteiger partial charge in [-0.1, -0.05) is 23.7 Å². The third-order valence-corrected chi connectivity index (χ3v) is 4.31. The Morgan fingerprint density at radius 3 is 2.62 bits per heavy atom. The standard InChI is InChI=1S/C18H19ClN6O/c19-17-3-1-15(2-4-17)16(12-25-13-22-23-24-25)11-18(26)21-10-7-14-5-8-20-9-6-14/h1-6,8-9,13,16H,7,10-12H2,(H,21,26). The predicted molar refractivity (Wildman–Crippen MR) is 97.6 cm³/mol. The number of nitrogens with one attached hydrogen (secondary N) is 1. The van der Waals surface area contributed by atoms with Gasteiger partial charge in [0, 0.05) is 36.3 Å². The first-order valence-electron chi connectivity index (χ1n) is 8.32. The van der Waals surface area contributed by atoms with Gasteiger partial charge in [0.1, 0.15) is 6.33 Å². The molecule has 0 saturated heterocycles. The maximum absolute atomic E-state index is 12.4. The number of tetrazole rings is 1. The first-order chi connectivity index (χ1) is 12.7. The van der Waals surface area contributed by atoms with Crippen LogP contribution >= 0.6 is 11.6 Å². The summed E-state index contributed by atoms with van der Waals surface area (Å²) in [7, 11) is 0. The maximum atomic E-state index is 12.4.